The average Bonchev–Trinajstić information content (AvgIpc) is 2.87. The SMILES string of the molecule is Cc1cc(C(=O)N2CCN(Cc3cccnc3)CC2)c(C)s1. The Morgan fingerprint density at radius 1 is 1.27 bits per heavy atom. The number of rotatable bonds is 3. The van der Waals surface area contributed by atoms with Crippen LogP contribution < -0.4 is 0 Å². The summed E-state index contributed by atoms with van der Waals surface area (Å²) >= 11 is 1.70. The predicted molar refractivity (Wildman–Crippen MR) is 89.2 cm³/mol. The molecule has 1 amide bonds. The summed E-state index contributed by atoms with van der Waals surface area (Å²) < 4.78 is 0. The zero-order chi connectivity index (χ0) is 15.5. The van der Waals surface area contributed by atoms with Crippen LogP contribution in [0.2, 0.25) is 0 Å². The summed E-state index contributed by atoms with van der Waals surface area (Å²) in [5.74, 6) is 0.183. The Labute approximate surface area is 135 Å². The number of hydrogen-bond acceptors (Lipinski definition) is 4. The predicted octanol–water partition coefficient (Wildman–Crippen LogP) is 2.72. The maximum Gasteiger partial charge on any atom is 0.255 e. The Hall–Kier alpha value is -1.72. The first kappa shape index (κ1) is 15.2. The molecule has 0 N–H and O–H groups in total. The van der Waals surface area contributed by atoms with Crippen molar-refractivity contribution in [2.24, 2.45) is 0 Å². The fourth-order valence-electron chi connectivity index (χ4n) is 2.87. The highest BCUT2D eigenvalue weighted by Gasteiger charge is 2.24. The lowest BCUT2D eigenvalue weighted by Gasteiger charge is -2.34. The van der Waals surface area contributed by atoms with E-state index < -0.39 is 0 Å². The number of thiophene rings is 1. The molecular weight excluding hydrogens is 294 g/mol. The molecular formula is C17H21N3OS. The van der Waals surface area contributed by atoms with Gasteiger partial charge in [0.05, 0.1) is 5.56 Å². The van der Waals surface area contributed by atoms with Crippen LogP contribution in [0.5, 0.6) is 0 Å². The number of aryl methyl sites for hydroxylation is 2. The smallest absolute Gasteiger partial charge is 0.255 e. The minimum atomic E-state index is 0.183. The fraction of sp³-hybridized carbons (Fsp3) is 0.412. The molecule has 1 saturated heterocycles. The van der Waals surface area contributed by atoms with E-state index >= 15 is 0 Å². The molecule has 0 aliphatic carbocycles. The van der Waals surface area contributed by atoms with Crippen molar-refractivity contribution in [3.63, 3.8) is 0 Å². The molecule has 0 radical (unpaired) electrons. The van der Waals surface area contributed by atoms with E-state index in [0.717, 1.165) is 43.2 Å². The van der Waals surface area contributed by atoms with Crippen molar-refractivity contribution in [1.29, 1.82) is 0 Å². The first-order valence-electron chi connectivity index (χ1n) is 7.61. The van der Waals surface area contributed by atoms with E-state index in [1.54, 1.807) is 17.5 Å². The Morgan fingerprint density at radius 2 is 2.05 bits per heavy atom. The summed E-state index contributed by atoms with van der Waals surface area (Å²) in [6.07, 6.45) is 3.71. The van der Waals surface area contributed by atoms with Crippen LogP contribution in [0, 0.1) is 13.8 Å². The lowest BCUT2D eigenvalue weighted by molar-refractivity contribution is 0.0628. The summed E-state index contributed by atoms with van der Waals surface area (Å²) in [4.78, 5) is 23.4. The molecule has 5 heteroatoms. The summed E-state index contributed by atoms with van der Waals surface area (Å²) in [6, 6.07) is 6.09. The molecule has 2 aromatic heterocycles. The van der Waals surface area contributed by atoms with Gasteiger partial charge in [0, 0.05) is 54.9 Å². The van der Waals surface area contributed by atoms with E-state index in [4.69, 9.17) is 0 Å². The van der Waals surface area contributed by atoms with Crippen LogP contribution in [0.3, 0.4) is 0 Å². The van der Waals surface area contributed by atoms with E-state index in [9.17, 15) is 4.79 Å². The highest BCUT2D eigenvalue weighted by Crippen LogP contribution is 2.22. The minimum Gasteiger partial charge on any atom is -0.336 e. The van der Waals surface area contributed by atoms with Crippen LogP contribution >= 0.6 is 11.3 Å². The number of amides is 1. The Morgan fingerprint density at radius 3 is 2.64 bits per heavy atom. The summed E-state index contributed by atoms with van der Waals surface area (Å²) in [5.41, 5.74) is 2.11. The maximum atomic E-state index is 12.6. The van der Waals surface area contributed by atoms with Crippen molar-refractivity contribution >= 4 is 17.2 Å². The number of pyridine rings is 1. The zero-order valence-corrected chi connectivity index (χ0v) is 13.9. The second kappa shape index (κ2) is 6.58. The third-order valence-corrected chi connectivity index (χ3v) is 5.03. The normalized spacial score (nSPS) is 16.0. The van der Waals surface area contributed by atoms with Gasteiger partial charge in [0.15, 0.2) is 0 Å². The molecule has 0 aromatic carbocycles. The van der Waals surface area contributed by atoms with Crippen LogP contribution in [0.25, 0.3) is 0 Å². The molecule has 0 atom stereocenters. The van der Waals surface area contributed by atoms with Crippen LogP contribution in [-0.4, -0.2) is 46.9 Å². The molecule has 1 fully saturated rings. The first-order chi connectivity index (χ1) is 10.6. The van der Waals surface area contributed by atoms with Gasteiger partial charge in [-0.2, -0.15) is 0 Å². The van der Waals surface area contributed by atoms with Crippen LogP contribution in [0.1, 0.15) is 25.7 Å². The Bertz CT molecular complexity index is 645. The number of carbonyl (C=O) groups excluding carboxylic acids is 1. The van der Waals surface area contributed by atoms with Crippen molar-refractivity contribution in [3.05, 3.63) is 51.5 Å². The van der Waals surface area contributed by atoms with Gasteiger partial charge < -0.3 is 4.90 Å². The molecule has 2 aromatic rings. The third-order valence-electron chi connectivity index (χ3n) is 4.06. The topological polar surface area (TPSA) is 36.4 Å². The van der Waals surface area contributed by atoms with Crippen LogP contribution in [-0.2, 0) is 6.54 Å². The molecule has 0 spiro atoms. The maximum absolute atomic E-state index is 12.6. The fourth-order valence-corrected chi connectivity index (χ4v) is 3.79. The van der Waals surface area contributed by atoms with Crippen molar-refractivity contribution in [1.82, 2.24) is 14.8 Å². The van der Waals surface area contributed by atoms with Gasteiger partial charge in [0.1, 0.15) is 0 Å². The zero-order valence-electron chi connectivity index (χ0n) is 13.1. The van der Waals surface area contributed by atoms with Crippen molar-refractivity contribution in [2.45, 2.75) is 20.4 Å². The molecule has 0 unspecified atom stereocenters. The van der Waals surface area contributed by atoms with Gasteiger partial charge in [-0.3, -0.25) is 14.7 Å². The molecule has 4 nitrogen and oxygen atoms in total. The van der Waals surface area contributed by atoms with Gasteiger partial charge >= 0.3 is 0 Å². The second-order valence-electron chi connectivity index (χ2n) is 5.76. The number of aromatic nitrogens is 1. The number of nitrogens with zero attached hydrogens (tertiary/aromatic N) is 3. The van der Waals surface area contributed by atoms with Gasteiger partial charge in [-0.15, -0.1) is 11.3 Å². The van der Waals surface area contributed by atoms with Crippen molar-refractivity contribution < 1.29 is 4.79 Å². The Balaban J connectivity index is 1.57. The lowest BCUT2D eigenvalue weighted by atomic mass is 10.2. The van der Waals surface area contributed by atoms with Crippen molar-refractivity contribution in [2.75, 3.05) is 26.2 Å². The molecule has 22 heavy (non-hydrogen) atoms. The van der Waals surface area contributed by atoms with Gasteiger partial charge in [0.2, 0.25) is 0 Å². The number of hydrogen-bond donors (Lipinski definition) is 0. The quantitative estimate of drug-likeness (QED) is 0.874. The van der Waals surface area contributed by atoms with Gasteiger partial charge in [-0.25, -0.2) is 0 Å². The minimum absolute atomic E-state index is 0.183. The summed E-state index contributed by atoms with van der Waals surface area (Å²) in [7, 11) is 0. The number of piperazine rings is 1. The first-order valence-corrected chi connectivity index (χ1v) is 8.42. The molecule has 3 heterocycles. The van der Waals surface area contributed by atoms with E-state index in [0.29, 0.717) is 0 Å². The largest absolute Gasteiger partial charge is 0.336 e. The summed E-state index contributed by atoms with van der Waals surface area (Å²) in [5, 5.41) is 0. The van der Waals surface area contributed by atoms with E-state index in [1.807, 2.05) is 30.2 Å². The Kier molecular flexibility index (Phi) is 4.55. The van der Waals surface area contributed by atoms with E-state index in [-0.39, 0.29) is 5.91 Å². The third kappa shape index (κ3) is 3.36. The summed E-state index contributed by atoms with van der Waals surface area (Å²) in [6.45, 7) is 8.43. The highest BCUT2D eigenvalue weighted by molar-refractivity contribution is 7.12. The number of carbonyl (C=O) groups is 1. The van der Waals surface area contributed by atoms with Crippen LogP contribution in [0.4, 0.5) is 0 Å². The standard InChI is InChI=1S/C17H21N3OS/c1-13-10-16(14(2)22-13)17(21)20-8-6-19(7-9-20)12-15-4-3-5-18-11-15/h3-5,10-11H,6-9,12H2,1-2H3. The molecule has 116 valence electrons. The van der Waals surface area contributed by atoms with E-state index in [1.165, 1.54) is 10.4 Å². The lowest BCUT2D eigenvalue weighted by Crippen LogP contribution is -2.48. The molecule has 1 aliphatic rings. The van der Waals surface area contributed by atoms with Gasteiger partial charge in [-0.1, -0.05) is 6.07 Å². The second-order valence-corrected chi connectivity index (χ2v) is 7.22. The van der Waals surface area contributed by atoms with Gasteiger partial charge in [-0.05, 0) is 31.5 Å². The molecule has 0 bridgehead atoms. The van der Waals surface area contributed by atoms with Crippen LogP contribution in [0.15, 0.2) is 30.6 Å². The van der Waals surface area contributed by atoms with E-state index in [2.05, 4.69) is 22.9 Å². The molecule has 1 aliphatic heterocycles. The average molecular weight is 315 g/mol. The van der Waals surface area contributed by atoms with Crippen molar-refractivity contribution in [3.8, 4) is 0 Å². The molecule has 0 saturated carbocycles. The highest BCUT2D eigenvalue weighted by atomic mass is 32.1. The van der Waals surface area contributed by atoms with Gasteiger partial charge in [0.25, 0.3) is 5.91 Å². The monoisotopic (exact) mass is 315 g/mol. The molecule has 3 rings (SSSR count).